The zero-order valence-electron chi connectivity index (χ0n) is 32.2. The molecule has 1 atom stereocenters. The molecule has 284 valence electrons. The first kappa shape index (κ1) is 39.3. The zero-order valence-corrected chi connectivity index (χ0v) is 34.0. The van der Waals surface area contributed by atoms with Gasteiger partial charge >= 0.3 is 15.6 Å². The lowest BCUT2D eigenvalue weighted by Crippen LogP contribution is -2.09. The van der Waals surface area contributed by atoms with E-state index in [2.05, 4.69) is 0 Å². The standard InChI is InChI=1S/C45H46O8P2/c1-31-11-20-40(21-12-31)48-54(46,50-42-10-8-9-32(2)29-42)49-41-22-17-38(18-23-41)15-16-39-19-26-45(37(7)30-39)53-55(47,51-43-24-13-33(3)27-35(43)5)52-44-25-14-34(4)28-36(44)6/h8-14,17-30H,15-16H2,1-7H3. The van der Waals surface area contributed by atoms with E-state index in [-0.39, 0.29) is 0 Å². The summed E-state index contributed by atoms with van der Waals surface area (Å²) in [5.41, 5.74) is 8.65. The van der Waals surface area contributed by atoms with E-state index < -0.39 is 15.6 Å². The van der Waals surface area contributed by atoms with Crippen LogP contribution in [0.15, 0.2) is 127 Å². The van der Waals surface area contributed by atoms with Crippen LogP contribution in [-0.4, -0.2) is 0 Å². The second kappa shape index (κ2) is 16.9. The van der Waals surface area contributed by atoms with Crippen LogP contribution in [0.1, 0.15) is 50.1 Å². The number of rotatable bonds is 15. The van der Waals surface area contributed by atoms with Crippen LogP contribution in [0, 0.1) is 48.5 Å². The third-order valence-electron chi connectivity index (χ3n) is 8.82. The molecule has 6 aromatic rings. The third-order valence-corrected chi connectivity index (χ3v) is 11.4. The quantitative estimate of drug-likeness (QED) is 0.0953. The van der Waals surface area contributed by atoms with E-state index in [0.29, 0.717) is 34.5 Å². The first-order chi connectivity index (χ1) is 26.2. The fourth-order valence-corrected chi connectivity index (χ4v) is 8.60. The summed E-state index contributed by atoms with van der Waals surface area (Å²) in [5, 5.41) is 0. The van der Waals surface area contributed by atoms with E-state index in [1.165, 1.54) is 0 Å². The molecule has 0 saturated carbocycles. The van der Waals surface area contributed by atoms with Crippen LogP contribution < -0.4 is 27.1 Å². The smallest absolute Gasteiger partial charge is 0.386 e. The van der Waals surface area contributed by atoms with Crippen LogP contribution >= 0.6 is 15.6 Å². The lowest BCUT2D eigenvalue weighted by Gasteiger charge is -2.22. The van der Waals surface area contributed by atoms with Gasteiger partial charge in [-0.3, -0.25) is 0 Å². The predicted octanol–water partition coefficient (Wildman–Crippen LogP) is 12.9. The summed E-state index contributed by atoms with van der Waals surface area (Å²) in [6.45, 7) is 13.5. The van der Waals surface area contributed by atoms with Crippen molar-refractivity contribution in [3.63, 3.8) is 0 Å². The lowest BCUT2D eigenvalue weighted by molar-refractivity contribution is 0.295. The van der Waals surface area contributed by atoms with Crippen molar-refractivity contribution < 1.29 is 36.3 Å². The Morgan fingerprint density at radius 2 is 0.764 bits per heavy atom. The molecule has 0 amide bonds. The molecular weight excluding hydrogens is 730 g/mol. The fraction of sp³-hybridized carbons (Fsp3) is 0.200. The molecule has 0 saturated heterocycles. The molecule has 0 aliphatic rings. The average molecular weight is 777 g/mol. The second-order valence-electron chi connectivity index (χ2n) is 13.9. The van der Waals surface area contributed by atoms with E-state index >= 15 is 0 Å². The van der Waals surface area contributed by atoms with Gasteiger partial charge in [0.15, 0.2) is 0 Å². The van der Waals surface area contributed by atoms with E-state index in [0.717, 1.165) is 62.9 Å². The van der Waals surface area contributed by atoms with Crippen molar-refractivity contribution in [2.45, 2.75) is 61.3 Å². The Balaban J connectivity index is 1.14. The molecule has 0 heterocycles. The molecule has 0 bridgehead atoms. The van der Waals surface area contributed by atoms with Gasteiger partial charge in [-0.15, -0.1) is 0 Å². The molecule has 0 N–H and O–H groups in total. The van der Waals surface area contributed by atoms with Crippen molar-refractivity contribution in [3.8, 4) is 34.5 Å². The molecule has 10 heteroatoms. The van der Waals surface area contributed by atoms with E-state index in [9.17, 15) is 9.13 Å². The van der Waals surface area contributed by atoms with Crippen molar-refractivity contribution in [2.24, 2.45) is 0 Å². The van der Waals surface area contributed by atoms with Gasteiger partial charge in [-0.2, -0.15) is 9.13 Å². The summed E-state index contributed by atoms with van der Waals surface area (Å²) in [4.78, 5) is 0. The molecule has 0 radical (unpaired) electrons. The van der Waals surface area contributed by atoms with Crippen molar-refractivity contribution in [2.75, 3.05) is 0 Å². The van der Waals surface area contributed by atoms with Crippen molar-refractivity contribution in [1.82, 2.24) is 0 Å². The molecular formula is C45H46O8P2. The Labute approximate surface area is 324 Å². The van der Waals surface area contributed by atoms with Crippen LogP contribution in [-0.2, 0) is 22.0 Å². The van der Waals surface area contributed by atoms with Gasteiger partial charge in [0, 0.05) is 0 Å². The van der Waals surface area contributed by atoms with Gasteiger partial charge in [-0.05, 0) is 149 Å². The van der Waals surface area contributed by atoms with Crippen LogP contribution in [0.25, 0.3) is 0 Å². The maximum absolute atomic E-state index is 14.4. The van der Waals surface area contributed by atoms with Gasteiger partial charge in [0.05, 0.1) is 0 Å². The minimum absolute atomic E-state index is 0.347. The van der Waals surface area contributed by atoms with Gasteiger partial charge in [-0.1, -0.05) is 89.5 Å². The van der Waals surface area contributed by atoms with Crippen molar-refractivity contribution >= 4 is 15.6 Å². The van der Waals surface area contributed by atoms with E-state index in [1.54, 1.807) is 54.6 Å². The molecule has 8 nitrogen and oxygen atoms in total. The van der Waals surface area contributed by atoms with Gasteiger partial charge in [-0.25, -0.2) is 0 Å². The first-order valence-electron chi connectivity index (χ1n) is 18.1. The highest BCUT2D eigenvalue weighted by atomic mass is 31.2. The summed E-state index contributed by atoms with van der Waals surface area (Å²) < 4.78 is 64.2. The molecule has 0 spiro atoms. The molecule has 6 aromatic carbocycles. The Hall–Kier alpha value is -5.42. The topological polar surface area (TPSA) is 89.5 Å². The van der Waals surface area contributed by atoms with Crippen LogP contribution in [0.4, 0.5) is 0 Å². The Morgan fingerprint density at radius 3 is 1.27 bits per heavy atom. The maximum Gasteiger partial charge on any atom is 0.647 e. The summed E-state index contributed by atoms with van der Waals surface area (Å²) >= 11 is 0. The molecule has 55 heavy (non-hydrogen) atoms. The number of hydrogen-bond acceptors (Lipinski definition) is 8. The highest BCUT2D eigenvalue weighted by Gasteiger charge is 2.35. The minimum atomic E-state index is -4.19. The van der Waals surface area contributed by atoms with Crippen molar-refractivity contribution in [3.05, 3.63) is 177 Å². The second-order valence-corrected chi connectivity index (χ2v) is 16.7. The Morgan fingerprint density at radius 1 is 0.364 bits per heavy atom. The number of phosphoric acid groups is 2. The van der Waals surface area contributed by atoms with E-state index in [4.69, 9.17) is 27.1 Å². The van der Waals surface area contributed by atoms with Gasteiger partial charge in [0.25, 0.3) is 0 Å². The predicted molar refractivity (Wildman–Crippen MR) is 218 cm³/mol. The maximum atomic E-state index is 14.4. The van der Waals surface area contributed by atoms with Gasteiger partial charge in [0.1, 0.15) is 34.5 Å². The number of hydrogen-bond donors (Lipinski definition) is 0. The highest BCUT2D eigenvalue weighted by Crippen LogP contribution is 2.52. The largest absolute Gasteiger partial charge is 0.647 e. The Kier molecular flexibility index (Phi) is 12.1. The number of phosphoric ester groups is 2. The van der Waals surface area contributed by atoms with Crippen LogP contribution in [0.2, 0.25) is 0 Å². The number of aryl methyl sites for hydroxylation is 9. The summed E-state index contributed by atoms with van der Waals surface area (Å²) in [6, 6.07) is 38.8. The number of benzene rings is 6. The molecule has 0 aliphatic heterocycles. The lowest BCUT2D eigenvalue weighted by atomic mass is 10.0. The summed E-state index contributed by atoms with van der Waals surface area (Å²) in [6.07, 6.45) is 1.45. The third kappa shape index (κ3) is 10.8. The first-order valence-corrected chi connectivity index (χ1v) is 21.0. The fourth-order valence-electron chi connectivity index (χ4n) is 5.91. The van der Waals surface area contributed by atoms with Gasteiger partial charge in [0.2, 0.25) is 0 Å². The monoisotopic (exact) mass is 776 g/mol. The Bertz CT molecular complexity index is 2310. The molecule has 0 aromatic heterocycles. The molecule has 0 aliphatic carbocycles. The highest BCUT2D eigenvalue weighted by molar-refractivity contribution is 7.50. The normalized spacial score (nSPS) is 12.3. The molecule has 0 fully saturated rings. The SMILES string of the molecule is Cc1ccc(OP(=O)(Oc2ccc(CCc3ccc(OP(=O)(Oc4ccc(C)cc4C)Oc4ccc(C)cc4C)c(C)c3)cc2)Oc2cccc(C)c2)cc1. The van der Waals surface area contributed by atoms with Crippen LogP contribution in [0.5, 0.6) is 34.5 Å². The summed E-state index contributed by atoms with van der Waals surface area (Å²) in [7, 11) is -8.31. The minimum Gasteiger partial charge on any atom is -0.386 e. The average Bonchev–Trinajstić information content (AvgIpc) is 3.12. The van der Waals surface area contributed by atoms with Gasteiger partial charge < -0.3 is 27.1 Å². The van der Waals surface area contributed by atoms with Crippen LogP contribution in [0.3, 0.4) is 0 Å². The molecule has 6 rings (SSSR count). The summed E-state index contributed by atoms with van der Waals surface area (Å²) in [5.74, 6) is 2.34. The van der Waals surface area contributed by atoms with Crippen molar-refractivity contribution in [1.29, 1.82) is 0 Å². The molecule has 1 unspecified atom stereocenters. The zero-order chi connectivity index (χ0) is 39.2. The van der Waals surface area contributed by atoms with E-state index in [1.807, 2.05) is 121 Å².